The first-order valence-electron chi connectivity index (χ1n) is 6.28. The van der Waals surface area contributed by atoms with E-state index >= 15 is 0 Å². The van der Waals surface area contributed by atoms with Gasteiger partial charge in [-0.15, -0.1) is 11.3 Å². The Morgan fingerprint density at radius 1 is 1.45 bits per heavy atom. The van der Waals surface area contributed by atoms with Gasteiger partial charge in [0.25, 0.3) is 0 Å². The summed E-state index contributed by atoms with van der Waals surface area (Å²) in [5, 5.41) is 9.14. The molecule has 3 heterocycles. The van der Waals surface area contributed by atoms with Gasteiger partial charge < -0.3 is 5.32 Å². The lowest BCUT2D eigenvalue weighted by molar-refractivity contribution is -0.115. The number of amides is 1. The van der Waals surface area contributed by atoms with Crippen molar-refractivity contribution in [2.24, 2.45) is 0 Å². The molecule has 0 aliphatic heterocycles. The molecular formula is C14H14N4OS. The van der Waals surface area contributed by atoms with Crippen molar-refractivity contribution in [2.75, 3.05) is 5.32 Å². The Balaban J connectivity index is 1.81. The average molecular weight is 286 g/mol. The van der Waals surface area contributed by atoms with E-state index in [1.807, 2.05) is 37.4 Å². The minimum Gasteiger partial charge on any atom is -0.324 e. The number of nitrogens with zero attached hydrogens (tertiary/aromatic N) is 3. The Morgan fingerprint density at radius 3 is 3.05 bits per heavy atom. The molecule has 102 valence electrons. The number of anilines is 1. The van der Waals surface area contributed by atoms with Gasteiger partial charge in [0.05, 0.1) is 18.3 Å². The minimum atomic E-state index is -0.0250. The SMILES string of the molecule is Cc1nc2c(C)cc(NC(=O)Cc3cccs3)cn2n1. The van der Waals surface area contributed by atoms with Gasteiger partial charge in [-0.1, -0.05) is 6.07 Å². The number of carbonyl (C=O) groups is 1. The summed E-state index contributed by atoms with van der Waals surface area (Å²) in [6.45, 7) is 3.81. The van der Waals surface area contributed by atoms with Crippen molar-refractivity contribution in [1.82, 2.24) is 14.6 Å². The number of thiophene rings is 1. The number of nitrogens with one attached hydrogen (secondary N) is 1. The zero-order valence-electron chi connectivity index (χ0n) is 11.3. The molecule has 0 saturated heterocycles. The van der Waals surface area contributed by atoms with Crippen LogP contribution < -0.4 is 5.32 Å². The molecule has 1 N–H and O–H groups in total. The standard InChI is InChI=1S/C14H14N4OS/c1-9-6-11(8-18-14(9)15-10(2)17-18)16-13(19)7-12-4-3-5-20-12/h3-6,8H,7H2,1-2H3,(H,16,19). The van der Waals surface area contributed by atoms with Crippen LogP contribution in [0.3, 0.4) is 0 Å². The van der Waals surface area contributed by atoms with Crippen molar-refractivity contribution in [3.8, 4) is 0 Å². The smallest absolute Gasteiger partial charge is 0.229 e. The van der Waals surface area contributed by atoms with Crippen molar-refractivity contribution >= 4 is 28.6 Å². The molecule has 0 unspecified atom stereocenters. The predicted octanol–water partition coefficient (Wildman–Crippen LogP) is 2.59. The summed E-state index contributed by atoms with van der Waals surface area (Å²) in [4.78, 5) is 17.4. The Kier molecular flexibility index (Phi) is 3.23. The van der Waals surface area contributed by atoms with Gasteiger partial charge in [-0.25, -0.2) is 9.50 Å². The number of aromatic nitrogens is 3. The van der Waals surface area contributed by atoms with E-state index in [4.69, 9.17) is 0 Å². The number of hydrogen-bond donors (Lipinski definition) is 1. The van der Waals surface area contributed by atoms with E-state index in [1.54, 1.807) is 22.0 Å². The summed E-state index contributed by atoms with van der Waals surface area (Å²) in [6.07, 6.45) is 2.18. The molecule has 0 aliphatic rings. The first-order chi connectivity index (χ1) is 9.61. The highest BCUT2D eigenvalue weighted by molar-refractivity contribution is 7.10. The molecule has 0 aliphatic carbocycles. The summed E-state index contributed by atoms with van der Waals surface area (Å²) in [6, 6.07) is 5.82. The number of carbonyl (C=O) groups excluding carboxylic acids is 1. The van der Waals surface area contributed by atoms with Crippen molar-refractivity contribution in [1.29, 1.82) is 0 Å². The second-order valence-corrected chi connectivity index (χ2v) is 5.68. The predicted molar refractivity (Wildman–Crippen MR) is 79.1 cm³/mol. The summed E-state index contributed by atoms with van der Waals surface area (Å²) in [7, 11) is 0. The third kappa shape index (κ3) is 2.55. The number of aryl methyl sites for hydroxylation is 2. The molecule has 0 aromatic carbocycles. The van der Waals surface area contributed by atoms with E-state index < -0.39 is 0 Å². The van der Waals surface area contributed by atoms with Crippen LogP contribution in [0.4, 0.5) is 5.69 Å². The summed E-state index contributed by atoms with van der Waals surface area (Å²) in [5.41, 5.74) is 2.54. The van der Waals surface area contributed by atoms with E-state index in [0.717, 1.165) is 27.6 Å². The zero-order chi connectivity index (χ0) is 14.1. The fourth-order valence-electron chi connectivity index (χ4n) is 2.10. The van der Waals surface area contributed by atoms with Gasteiger partial charge >= 0.3 is 0 Å². The van der Waals surface area contributed by atoms with Gasteiger partial charge in [-0.3, -0.25) is 4.79 Å². The van der Waals surface area contributed by atoms with Crippen LogP contribution in [0.25, 0.3) is 5.65 Å². The number of rotatable bonds is 3. The van der Waals surface area contributed by atoms with Crippen molar-refractivity contribution < 1.29 is 4.79 Å². The zero-order valence-corrected chi connectivity index (χ0v) is 12.1. The molecule has 3 aromatic rings. The van der Waals surface area contributed by atoms with Crippen LogP contribution in [-0.4, -0.2) is 20.5 Å². The largest absolute Gasteiger partial charge is 0.324 e. The monoisotopic (exact) mass is 286 g/mol. The molecule has 0 radical (unpaired) electrons. The number of fused-ring (bicyclic) bond motifs is 1. The van der Waals surface area contributed by atoms with Gasteiger partial charge in [0.15, 0.2) is 5.65 Å². The highest BCUT2D eigenvalue weighted by Crippen LogP contribution is 2.16. The van der Waals surface area contributed by atoms with Crippen LogP contribution in [0, 0.1) is 13.8 Å². The molecule has 0 fully saturated rings. The van der Waals surface area contributed by atoms with Gasteiger partial charge in [0.2, 0.25) is 5.91 Å². The van der Waals surface area contributed by atoms with Crippen LogP contribution >= 0.6 is 11.3 Å². The Labute approximate surface area is 120 Å². The van der Waals surface area contributed by atoms with Crippen LogP contribution in [0.1, 0.15) is 16.3 Å². The maximum Gasteiger partial charge on any atom is 0.229 e. The highest BCUT2D eigenvalue weighted by atomic mass is 32.1. The Bertz CT molecular complexity index is 761. The van der Waals surface area contributed by atoms with Crippen LogP contribution in [0.2, 0.25) is 0 Å². The summed E-state index contributed by atoms with van der Waals surface area (Å²) in [5.74, 6) is 0.693. The molecule has 0 atom stereocenters. The van der Waals surface area contributed by atoms with E-state index in [2.05, 4.69) is 15.4 Å². The second kappa shape index (κ2) is 5.05. The average Bonchev–Trinajstić information content (AvgIpc) is 2.98. The number of pyridine rings is 1. The molecule has 20 heavy (non-hydrogen) atoms. The molecule has 0 spiro atoms. The third-order valence-electron chi connectivity index (χ3n) is 2.92. The van der Waals surface area contributed by atoms with Crippen molar-refractivity contribution in [2.45, 2.75) is 20.3 Å². The van der Waals surface area contributed by atoms with E-state index in [0.29, 0.717) is 6.42 Å². The van der Waals surface area contributed by atoms with Crippen LogP contribution in [-0.2, 0) is 11.2 Å². The van der Waals surface area contributed by atoms with Crippen LogP contribution in [0.5, 0.6) is 0 Å². The topological polar surface area (TPSA) is 59.3 Å². The van der Waals surface area contributed by atoms with E-state index in [9.17, 15) is 4.79 Å². The Morgan fingerprint density at radius 2 is 2.30 bits per heavy atom. The molecule has 5 nitrogen and oxygen atoms in total. The normalized spacial score (nSPS) is 10.9. The molecule has 6 heteroatoms. The highest BCUT2D eigenvalue weighted by Gasteiger charge is 2.08. The maximum absolute atomic E-state index is 12.0. The molecular weight excluding hydrogens is 272 g/mol. The fraction of sp³-hybridized carbons (Fsp3) is 0.214. The first kappa shape index (κ1) is 12.8. The molecule has 0 bridgehead atoms. The third-order valence-corrected chi connectivity index (χ3v) is 3.80. The van der Waals surface area contributed by atoms with Gasteiger partial charge in [0, 0.05) is 4.88 Å². The lowest BCUT2D eigenvalue weighted by atomic mass is 10.2. The van der Waals surface area contributed by atoms with Crippen molar-refractivity contribution in [3.05, 3.63) is 46.0 Å². The minimum absolute atomic E-state index is 0.0250. The lowest BCUT2D eigenvalue weighted by Crippen LogP contribution is -2.14. The van der Waals surface area contributed by atoms with Gasteiger partial charge in [-0.2, -0.15) is 5.10 Å². The molecule has 0 saturated carbocycles. The van der Waals surface area contributed by atoms with Gasteiger partial charge in [0.1, 0.15) is 5.82 Å². The maximum atomic E-state index is 12.0. The summed E-state index contributed by atoms with van der Waals surface area (Å²) < 4.78 is 1.70. The van der Waals surface area contributed by atoms with E-state index in [1.165, 1.54) is 0 Å². The molecule has 3 aromatic heterocycles. The number of hydrogen-bond acceptors (Lipinski definition) is 4. The fourth-order valence-corrected chi connectivity index (χ4v) is 2.80. The molecule has 1 amide bonds. The Hall–Kier alpha value is -2.21. The van der Waals surface area contributed by atoms with E-state index in [-0.39, 0.29) is 5.91 Å². The lowest BCUT2D eigenvalue weighted by Gasteiger charge is -2.06. The van der Waals surface area contributed by atoms with Crippen LogP contribution in [0.15, 0.2) is 29.8 Å². The summed E-state index contributed by atoms with van der Waals surface area (Å²) >= 11 is 1.58. The molecule has 3 rings (SSSR count). The quantitative estimate of drug-likeness (QED) is 0.805. The van der Waals surface area contributed by atoms with Crippen molar-refractivity contribution in [3.63, 3.8) is 0 Å². The first-order valence-corrected chi connectivity index (χ1v) is 7.15. The van der Waals surface area contributed by atoms with Gasteiger partial charge in [-0.05, 0) is 36.9 Å². The second-order valence-electron chi connectivity index (χ2n) is 4.64.